The van der Waals surface area contributed by atoms with Gasteiger partial charge in [0, 0.05) is 22.6 Å². The van der Waals surface area contributed by atoms with Gasteiger partial charge in [-0.25, -0.2) is 8.42 Å². The fourth-order valence-electron chi connectivity index (χ4n) is 4.33. The average molecular weight is 555 g/mol. The minimum absolute atomic E-state index is 0.0824. The largest absolute Gasteiger partial charge is 0.352 e. The molecule has 36 heavy (non-hydrogen) atoms. The van der Waals surface area contributed by atoms with E-state index in [1.807, 2.05) is 6.07 Å². The maximum absolute atomic E-state index is 13.6. The molecular weight excluding hydrogens is 521 g/mol. The van der Waals surface area contributed by atoms with Gasteiger partial charge < -0.3 is 10.2 Å². The van der Waals surface area contributed by atoms with Crippen LogP contribution in [0.25, 0.3) is 0 Å². The summed E-state index contributed by atoms with van der Waals surface area (Å²) in [5.74, 6) is -0.773. The molecule has 196 valence electrons. The summed E-state index contributed by atoms with van der Waals surface area (Å²) in [6.45, 7) is 3.10. The molecule has 3 rings (SSSR count). The van der Waals surface area contributed by atoms with Crippen LogP contribution in [0.1, 0.15) is 50.2 Å². The number of anilines is 1. The molecule has 1 aliphatic rings. The minimum atomic E-state index is -3.82. The Bertz CT molecular complexity index is 1200. The van der Waals surface area contributed by atoms with Crippen molar-refractivity contribution in [2.24, 2.45) is 0 Å². The lowest BCUT2D eigenvalue weighted by molar-refractivity contribution is -0.139. The van der Waals surface area contributed by atoms with Crippen LogP contribution in [0, 0.1) is 6.92 Å². The van der Waals surface area contributed by atoms with Crippen molar-refractivity contribution in [2.75, 3.05) is 17.1 Å². The molecule has 1 aliphatic carbocycles. The van der Waals surface area contributed by atoms with Crippen LogP contribution in [0.15, 0.2) is 42.5 Å². The number of hydrogen-bond donors (Lipinski definition) is 1. The second kappa shape index (κ2) is 12.3. The number of carbonyl (C=O) groups is 2. The lowest BCUT2D eigenvalue weighted by Crippen LogP contribution is -2.52. The number of halogens is 2. The first kappa shape index (κ1) is 28.3. The summed E-state index contributed by atoms with van der Waals surface area (Å²) in [5, 5.41) is 3.97. The van der Waals surface area contributed by atoms with Crippen molar-refractivity contribution < 1.29 is 18.0 Å². The van der Waals surface area contributed by atoms with E-state index >= 15 is 0 Å². The fraction of sp³-hybridized carbons (Fsp3) is 0.462. The summed E-state index contributed by atoms with van der Waals surface area (Å²) >= 11 is 12.4. The van der Waals surface area contributed by atoms with Crippen LogP contribution in [0.3, 0.4) is 0 Å². The highest BCUT2D eigenvalue weighted by atomic mass is 35.5. The van der Waals surface area contributed by atoms with Crippen LogP contribution in [-0.2, 0) is 26.2 Å². The topological polar surface area (TPSA) is 86.8 Å². The molecule has 1 atom stereocenters. The molecule has 10 heteroatoms. The molecule has 1 unspecified atom stereocenters. The molecule has 2 aromatic rings. The molecule has 1 fully saturated rings. The normalized spacial score (nSPS) is 15.2. The molecule has 1 N–H and O–H groups in total. The quantitative estimate of drug-likeness (QED) is 0.476. The van der Waals surface area contributed by atoms with Gasteiger partial charge in [-0.3, -0.25) is 13.9 Å². The van der Waals surface area contributed by atoms with Gasteiger partial charge in [0.15, 0.2) is 0 Å². The van der Waals surface area contributed by atoms with Crippen molar-refractivity contribution >= 4 is 50.7 Å². The first-order valence-corrected chi connectivity index (χ1v) is 14.6. The minimum Gasteiger partial charge on any atom is -0.352 e. The number of hydrogen-bond acceptors (Lipinski definition) is 4. The molecule has 0 radical (unpaired) electrons. The number of nitrogens with one attached hydrogen (secondary N) is 1. The van der Waals surface area contributed by atoms with E-state index in [0.29, 0.717) is 10.0 Å². The van der Waals surface area contributed by atoms with E-state index in [1.165, 1.54) is 11.0 Å². The third-order valence-electron chi connectivity index (χ3n) is 6.48. The standard InChI is InChI=1S/C26H33Cl2N3O4S/c1-18-12-13-23(15-24(18)28)31(36(3,34)35)17-25(32)30(16-20-8-7-9-21(27)14-20)19(2)26(33)29-22-10-5-4-6-11-22/h7-9,12-15,19,22H,4-6,10-11,16-17H2,1-3H3,(H,29,33). The van der Waals surface area contributed by atoms with Gasteiger partial charge in [-0.1, -0.05) is 60.7 Å². The fourth-order valence-corrected chi connectivity index (χ4v) is 5.56. The third-order valence-corrected chi connectivity index (χ3v) is 8.27. The maximum Gasteiger partial charge on any atom is 0.244 e. The second-order valence-corrected chi connectivity index (χ2v) is 12.1. The Labute approximate surface area is 223 Å². The smallest absolute Gasteiger partial charge is 0.244 e. The van der Waals surface area contributed by atoms with Gasteiger partial charge in [-0.2, -0.15) is 0 Å². The number of carbonyl (C=O) groups excluding carboxylic acids is 2. The Balaban J connectivity index is 1.88. The molecule has 0 heterocycles. The Morgan fingerprint density at radius 2 is 1.78 bits per heavy atom. The molecule has 0 aromatic heterocycles. The van der Waals surface area contributed by atoms with Crippen LogP contribution in [-0.4, -0.2) is 50.0 Å². The summed E-state index contributed by atoms with van der Waals surface area (Å²) in [6.07, 6.45) is 6.15. The molecule has 0 bridgehead atoms. The van der Waals surface area contributed by atoms with Gasteiger partial charge in [0.25, 0.3) is 0 Å². The Morgan fingerprint density at radius 3 is 2.39 bits per heavy atom. The average Bonchev–Trinajstić information content (AvgIpc) is 2.82. The predicted molar refractivity (Wildman–Crippen MR) is 145 cm³/mol. The number of nitrogens with zero attached hydrogens (tertiary/aromatic N) is 2. The zero-order valence-corrected chi connectivity index (χ0v) is 23.2. The van der Waals surface area contributed by atoms with Crippen molar-refractivity contribution in [1.29, 1.82) is 0 Å². The number of amides is 2. The molecule has 0 saturated heterocycles. The Hall–Kier alpha value is -2.29. The zero-order valence-electron chi connectivity index (χ0n) is 20.8. The van der Waals surface area contributed by atoms with Crippen molar-refractivity contribution in [3.63, 3.8) is 0 Å². The van der Waals surface area contributed by atoms with Gasteiger partial charge in [0.2, 0.25) is 21.8 Å². The summed E-state index contributed by atoms with van der Waals surface area (Å²) in [6, 6.07) is 11.1. The van der Waals surface area contributed by atoms with Crippen LogP contribution < -0.4 is 9.62 Å². The molecule has 2 aromatic carbocycles. The summed E-state index contributed by atoms with van der Waals surface area (Å²) < 4.78 is 26.4. The zero-order chi connectivity index (χ0) is 26.5. The first-order chi connectivity index (χ1) is 17.0. The van der Waals surface area contributed by atoms with E-state index in [0.717, 1.165) is 53.8 Å². The molecule has 7 nitrogen and oxygen atoms in total. The molecule has 2 amide bonds. The van der Waals surface area contributed by atoms with Gasteiger partial charge in [0.05, 0.1) is 11.9 Å². The highest BCUT2D eigenvalue weighted by Crippen LogP contribution is 2.26. The highest BCUT2D eigenvalue weighted by Gasteiger charge is 2.31. The van der Waals surface area contributed by atoms with Crippen LogP contribution >= 0.6 is 23.2 Å². The van der Waals surface area contributed by atoms with E-state index in [2.05, 4.69) is 5.32 Å². The van der Waals surface area contributed by atoms with Crippen LogP contribution in [0.5, 0.6) is 0 Å². The predicted octanol–water partition coefficient (Wildman–Crippen LogP) is 4.93. The molecule has 1 saturated carbocycles. The van der Waals surface area contributed by atoms with Crippen molar-refractivity contribution in [3.05, 3.63) is 63.6 Å². The Morgan fingerprint density at radius 1 is 1.08 bits per heavy atom. The second-order valence-electron chi connectivity index (χ2n) is 9.37. The van der Waals surface area contributed by atoms with Crippen LogP contribution in [0.2, 0.25) is 10.0 Å². The highest BCUT2D eigenvalue weighted by molar-refractivity contribution is 7.92. The summed E-state index contributed by atoms with van der Waals surface area (Å²) in [7, 11) is -3.82. The first-order valence-electron chi connectivity index (χ1n) is 12.0. The third kappa shape index (κ3) is 7.60. The Kier molecular flexibility index (Phi) is 9.66. The summed E-state index contributed by atoms with van der Waals surface area (Å²) in [4.78, 5) is 28.2. The van der Waals surface area contributed by atoms with Gasteiger partial charge in [-0.05, 0) is 62.1 Å². The van der Waals surface area contributed by atoms with E-state index in [1.54, 1.807) is 44.2 Å². The maximum atomic E-state index is 13.6. The number of aryl methyl sites for hydroxylation is 1. The van der Waals surface area contributed by atoms with Crippen molar-refractivity contribution in [1.82, 2.24) is 10.2 Å². The lowest BCUT2D eigenvalue weighted by Gasteiger charge is -2.33. The monoisotopic (exact) mass is 553 g/mol. The van der Waals surface area contributed by atoms with Gasteiger partial charge >= 0.3 is 0 Å². The van der Waals surface area contributed by atoms with E-state index in [-0.39, 0.29) is 24.2 Å². The van der Waals surface area contributed by atoms with Crippen LogP contribution in [0.4, 0.5) is 5.69 Å². The lowest BCUT2D eigenvalue weighted by atomic mass is 9.95. The van der Waals surface area contributed by atoms with E-state index in [4.69, 9.17) is 23.2 Å². The molecule has 0 spiro atoms. The van der Waals surface area contributed by atoms with Crippen molar-refractivity contribution in [3.8, 4) is 0 Å². The molecular formula is C26H33Cl2N3O4S. The van der Waals surface area contributed by atoms with E-state index in [9.17, 15) is 18.0 Å². The van der Waals surface area contributed by atoms with Crippen molar-refractivity contribution in [2.45, 2.75) is 64.6 Å². The van der Waals surface area contributed by atoms with E-state index < -0.39 is 28.5 Å². The van der Waals surface area contributed by atoms with Gasteiger partial charge in [0.1, 0.15) is 12.6 Å². The summed E-state index contributed by atoms with van der Waals surface area (Å²) in [5.41, 5.74) is 1.80. The SMILES string of the molecule is Cc1ccc(N(CC(=O)N(Cc2cccc(Cl)c2)C(C)C(=O)NC2CCCCC2)S(C)(=O)=O)cc1Cl. The number of rotatable bonds is 9. The number of benzene rings is 2. The molecule has 0 aliphatic heterocycles. The van der Waals surface area contributed by atoms with Gasteiger partial charge in [-0.15, -0.1) is 0 Å². The number of sulfonamides is 1.